The maximum absolute atomic E-state index is 12.2. The molecule has 0 fully saturated rings. The number of methoxy groups -OCH3 is 1. The summed E-state index contributed by atoms with van der Waals surface area (Å²) in [6.45, 7) is 5.30. The van der Waals surface area contributed by atoms with Crippen molar-refractivity contribution in [2.24, 2.45) is 0 Å². The van der Waals surface area contributed by atoms with Gasteiger partial charge in [0.05, 0.1) is 18.5 Å². The third-order valence-corrected chi connectivity index (χ3v) is 6.91. The van der Waals surface area contributed by atoms with E-state index >= 15 is 0 Å². The summed E-state index contributed by atoms with van der Waals surface area (Å²) in [5.41, 5.74) is 5.07. The van der Waals surface area contributed by atoms with Crippen LogP contribution in [0.15, 0.2) is 91.0 Å². The minimum atomic E-state index is -0.811. The number of alkyl carbamates (subject to hydrolysis) is 1. The fourth-order valence-electron chi connectivity index (χ4n) is 3.90. The number of carbonyl (C=O) groups is 2. The number of rotatable bonds is 9. The van der Waals surface area contributed by atoms with Crippen molar-refractivity contribution in [3.63, 3.8) is 0 Å². The Kier molecular flexibility index (Phi) is 9.56. The van der Waals surface area contributed by atoms with E-state index in [1.807, 2.05) is 91.0 Å². The Hall–Kier alpha value is -4.17. The predicted molar refractivity (Wildman–Crippen MR) is 160 cm³/mol. The Bertz CT molecular complexity index is 1360. The molecule has 4 rings (SSSR count). The first kappa shape index (κ1) is 28.8. The topological polar surface area (TPSA) is 90.4 Å². The maximum Gasteiger partial charge on any atom is 0.408 e. The molecule has 8 heteroatoms. The number of carbonyl (C=O) groups excluding carboxylic acids is 2. The summed E-state index contributed by atoms with van der Waals surface area (Å²) in [5, 5.41) is 2.61. The number of aromatic nitrogens is 2. The number of hydrogen-bond acceptors (Lipinski definition) is 7. The molecule has 1 aromatic heterocycles. The van der Waals surface area contributed by atoms with Gasteiger partial charge in [0, 0.05) is 28.2 Å². The Labute approximate surface area is 239 Å². The number of benzene rings is 3. The summed E-state index contributed by atoms with van der Waals surface area (Å²) in [5.74, 6) is 1.12. The third-order valence-electron chi connectivity index (χ3n) is 5.81. The van der Waals surface area contributed by atoms with Crippen molar-refractivity contribution in [2.75, 3.05) is 12.9 Å². The van der Waals surface area contributed by atoms with Crippen molar-refractivity contribution in [3.05, 3.63) is 96.6 Å². The molecule has 0 saturated carbocycles. The van der Waals surface area contributed by atoms with E-state index in [1.165, 1.54) is 18.9 Å². The summed E-state index contributed by atoms with van der Waals surface area (Å²) >= 11 is 1.52. The minimum absolute atomic E-state index is 0.344. The van der Waals surface area contributed by atoms with Crippen LogP contribution < -0.4 is 5.32 Å². The highest BCUT2D eigenvalue weighted by molar-refractivity contribution is 7.98. The highest BCUT2D eigenvalue weighted by atomic mass is 32.2. The monoisotopic (exact) mass is 555 g/mol. The first-order chi connectivity index (χ1) is 19.2. The molecule has 0 aliphatic heterocycles. The second kappa shape index (κ2) is 13.3. The van der Waals surface area contributed by atoms with Crippen LogP contribution >= 0.6 is 11.8 Å². The van der Waals surface area contributed by atoms with Gasteiger partial charge in [0.1, 0.15) is 11.6 Å². The molecule has 0 aliphatic rings. The molecular weight excluding hydrogens is 522 g/mol. The lowest BCUT2D eigenvalue weighted by atomic mass is 10.1. The molecular formula is C32H33N3O4S. The first-order valence-electron chi connectivity index (χ1n) is 13.0. The molecule has 7 nitrogen and oxygen atoms in total. The third kappa shape index (κ3) is 8.16. The number of nitrogens with zero attached hydrogens (tertiary/aromatic N) is 2. The van der Waals surface area contributed by atoms with Gasteiger partial charge in [-0.2, -0.15) is 11.8 Å². The van der Waals surface area contributed by atoms with Crippen LogP contribution in [-0.4, -0.2) is 46.5 Å². The Morgan fingerprint density at radius 3 is 1.88 bits per heavy atom. The van der Waals surface area contributed by atoms with Gasteiger partial charge in [0.25, 0.3) is 0 Å². The molecule has 3 aromatic carbocycles. The van der Waals surface area contributed by atoms with Crippen LogP contribution in [0.1, 0.15) is 26.3 Å². The second-order valence-electron chi connectivity index (χ2n) is 10.1. The molecule has 0 spiro atoms. The van der Waals surface area contributed by atoms with Crippen LogP contribution in [0.25, 0.3) is 33.9 Å². The zero-order valence-corrected chi connectivity index (χ0v) is 23.9. The molecule has 206 valence electrons. The average Bonchev–Trinajstić information content (AvgIpc) is 2.96. The molecule has 1 N–H and O–H groups in total. The van der Waals surface area contributed by atoms with Crippen molar-refractivity contribution >= 4 is 23.8 Å². The maximum atomic E-state index is 12.2. The number of amides is 1. The Morgan fingerprint density at radius 2 is 1.38 bits per heavy atom. The smallest absolute Gasteiger partial charge is 0.408 e. The largest absolute Gasteiger partial charge is 0.467 e. The van der Waals surface area contributed by atoms with Crippen LogP contribution in [0.5, 0.6) is 0 Å². The van der Waals surface area contributed by atoms with E-state index in [4.69, 9.17) is 19.4 Å². The zero-order valence-electron chi connectivity index (χ0n) is 23.1. The fourth-order valence-corrected chi connectivity index (χ4v) is 4.90. The summed E-state index contributed by atoms with van der Waals surface area (Å²) in [6.07, 6.45) is -0.652. The lowest BCUT2D eigenvalue weighted by Gasteiger charge is -2.22. The highest BCUT2D eigenvalue weighted by Gasteiger charge is 2.25. The number of hydrogen-bond donors (Lipinski definition) is 1. The van der Waals surface area contributed by atoms with E-state index in [-0.39, 0.29) is 0 Å². The Morgan fingerprint density at radius 1 is 0.825 bits per heavy atom. The summed E-state index contributed by atoms with van der Waals surface area (Å²) in [7, 11) is 1.30. The summed E-state index contributed by atoms with van der Waals surface area (Å²) < 4.78 is 10.1. The molecule has 1 atom stereocenters. The van der Waals surface area contributed by atoms with E-state index in [2.05, 4.69) is 5.32 Å². The molecule has 4 aromatic rings. The van der Waals surface area contributed by atoms with E-state index in [0.717, 1.165) is 33.6 Å². The summed E-state index contributed by atoms with van der Waals surface area (Å²) in [6, 6.07) is 29.4. The lowest BCUT2D eigenvalue weighted by Crippen LogP contribution is -2.45. The molecule has 1 amide bonds. The molecule has 40 heavy (non-hydrogen) atoms. The van der Waals surface area contributed by atoms with Crippen LogP contribution in [0.4, 0.5) is 4.79 Å². The second-order valence-corrected chi connectivity index (χ2v) is 11.2. The SMILES string of the molecule is COC(=O)C(CSCc1ccc(-c2nc(-c3ccccc3)cc(-c3ccccc3)n2)cc1)NC(=O)OC(C)(C)C. The quantitative estimate of drug-likeness (QED) is 0.228. The molecule has 1 heterocycles. The molecule has 1 unspecified atom stereocenters. The van der Waals surface area contributed by atoms with E-state index < -0.39 is 23.7 Å². The molecule has 0 aliphatic carbocycles. The van der Waals surface area contributed by atoms with Crippen molar-refractivity contribution in [3.8, 4) is 33.9 Å². The molecule has 0 saturated heterocycles. The van der Waals surface area contributed by atoms with E-state index in [1.54, 1.807) is 20.8 Å². The average molecular weight is 556 g/mol. The van der Waals surface area contributed by atoms with Gasteiger partial charge in [0.15, 0.2) is 5.82 Å². The van der Waals surface area contributed by atoms with Crippen molar-refractivity contribution in [2.45, 2.75) is 38.2 Å². The van der Waals surface area contributed by atoms with E-state index in [0.29, 0.717) is 17.3 Å². The van der Waals surface area contributed by atoms with Crippen molar-refractivity contribution in [1.82, 2.24) is 15.3 Å². The fraction of sp³-hybridized carbons (Fsp3) is 0.250. The first-order valence-corrected chi connectivity index (χ1v) is 14.1. The van der Waals surface area contributed by atoms with Gasteiger partial charge in [-0.05, 0) is 32.4 Å². The van der Waals surface area contributed by atoms with Gasteiger partial charge in [0.2, 0.25) is 0 Å². The lowest BCUT2D eigenvalue weighted by molar-refractivity contribution is -0.142. The molecule has 0 radical (unpaired) electrons. The molecule has 0 bridgehead atoms. The van der Waals surface area contributed by atoms with Crippen LogP contribution in [0.2, 0.25) is 0 Å². The standard InChI is InChI=1S/C32H33N3O4S/c1-32(2,3)39-31(37)35-28(30(36)38-4)21-40-20-22-15-17-25(18-16-22)29-33-26(23-11-7-5-8-12-23)19-27(34-29)24-13-9-6-10-14-24/h5-19,28H,20-21H2,1-4H3,(H,35,37). The predicted octanol–water partition coefficient (Wildman–Crippen LogP) is 6.78. The van der Waals surface area contributed by atoms with Gasteiger partial charge < -0.3 is 14.8 Å². The number of esters is 1. The summed E-state index contributed by atoms with van der Waals surface area (Å²) in [4.78, 5) is 34.1. The zero-order chi connectivity index (χ0) is 28.5. The van der Waals surface area contributed by atoms with Crippen molar-refractivity contribution in [1.29, 1.82) is 0 Å². The minimum Gasteiger partial charge on any atom is -0.467 e. The van der Waals surface area contributed by atoms with Gasteiger partial charge in [-0.3, -0.25) is 0 Å². The Balaban J connectivity index is 1.48. The number of thioether (sulfide) groups is 1. The van der Waals surface area contributed by atoms with Crippen LogP contribution in [-0.2, 0) is 20.0 Å². The van der Waals surface area contributed by atoms with Crippen LogP contribution in [0, 0.1) is 0 Å². The van der Waals surface area contributed by atoms with Crippen LogP contribution in [0.3, 0.4) is 0 Å². The van der Waals surface area contributed by atoms with Gasteiger partial charge in [-0.15, -0.1) is 0 Å². The van der Waals surface area contributed by atoms with E-state index in [9.17, 15) is 9.59 Å². The van der Waals surface area contributed by atoms with Crippen molar-refractivity contribution < 1.29 is 19.1 Å². The number of nitrogens with one attached hydrogen (secondary N) is 1. The highest BCUT2D eigenvalue weighted by Crippen LogP contribution is 2.28. The number of ether oxygens (including phenoxy) is 2. The van der Waals surface area contributed by atoms with Gasteiger partial charge >= 0.3 is 12.1 Å². The van der Waals surface area contributed by atoms with Gasteiger partial charge in [-0.1, -0.05) is 84.9 Å². The van der Waals surface area contributed by atoms with Gasteiger partial charge in [-0.25, -0.2) is 19.6 Å². The normalized spacial score (nSPS) is 11.9.